The minimum Gasteiger partial charge on any atom is -0.497 e. The fourth-order valence-corrected chi connectivity index (χ4v) is 2.32. The molecule has 0 aliphatic rings. The van der Waals surface area contributed by atoms with Crippen LogP contribution in [-0.2, 0) is 6.61 Å². The third-order valence-electron chi connectivity index (χ3n) is 3.54. The standard InChI is InChI=1S/C18H21NO6/c1-21-14-6-5-13(10-19-20)15(9-14)25-11-12-7-16(22-2)18(24-4)17(8-12)23-3/h5-10,20H,11H2,1-4H3. The molecule has 0 saturated carbocycles. The van der Waals surface area contributed by atoms with Crippen molar-refractivity contribution in [3.63, 3.8) is 0 Å². The molecule has 0 radical (unpaired) electrons. The summed E-state index contributed by atoms with van der Waals surface area (Å²) in [7, 11) is 6.23. The van der Waals surface area contributed by atoms with Gasteiger partial charge in [-0.1, -0.05) is 5.16 Å². The van der Waals surface area contributed by atoms with Gasteiger partial charge in [-0.05, 0) is 29.8 Å². The number of benzene rings is 2. The van der Waals surface area contributed by atoms with Crippen molar-refractivity contribution in [2.45, 2.75) is 6.61 Å². The molecule has 134 valence electrons. The fourth-order valence-electron chi connectivity index (χ4n) is 2.32. The summed E-state index contributed by atoms with van der Waals surface area (Å²) in [6, 6.07) is 8.82. The molecular formula is C18H21NO6. The second-order valence-electron chi connectivity index (χ2n) is 4.97. The molecule has 0 bridgehead atoms. The van der Waals surface area contributed by atoms with Gasteiger partial charge < -0.3 is 28.9 Å². The van der Waals surface area contributed by atoms with Crippen LogP contribution in [0.1, 0.15) is 11.1 Å². The summed E-state index contributed by atoms with van der Waals surface area (Å²) < 4.78 is 27.0. The van der Waals surface area contributed by atoms with E-state index in [2.05, 4.69) is 5.16 Å². The minimum atomic E-state index is 0.246. The molecule has 0 aromatic heterocycles. The summed E-state index contributed by atoms with van der Waals surface area (Å²) in [4.78, 5) is 0. The minimum absolute atomic E-state index is 0.246. The Kier molecular flexibility index (Phi) is 6.33. The van der Waals surface area contributed by atoms with Crippen molar-refractivity contribution in [3.05, 3.63) is 41.5 Å². The summed E-state index contributed by atoms with van der Waals surface area (Å²) in [5, 5.41) is 11.8. The fraction of sp³-hybridized carbons (Fsp3) is 0.278. The van der Waals surface area contributed by atoms with E-state index in [4.69, 9.17) is 28.9 Å². The molecule has 0 amide bonds. The lowest BCUT2D eigenvalue weighted by Crippen LogP contribution is -2.02. The number of ether oxygens (including phenoxy) is 5. The summed E-state index contributed by atoms with van der Waals surface area (Å²) in [5.74, 6) is 2.76. The Hall–Kier alpha value is -3.09. The number of methoxy groups -OCH3 is 4. The highest BCUT2D eigenvalue weighted by Crippen LogP contribution is 2.38. The Bertz CT molecular complexity index is 719. The molecule has 0 fully saturated rings. The van der Waals surface area contributed by atoms with Crippen LogP contribution in [0, 0.1) is 0 Å². The van der Waals surface area contributed by atoms with Crippen molar-refractivity contribution in [1.29, 1.82) is 0 Å². The average molecular weight is 347 g/mol. The molecule has 2 aromatic carbocycles. The maximum Gasteiger partial charge on any atom is 0.203 e. The van der Waals surface area contributed by atoms with Crippen molar-refractivity contribution in [3.8, 4) is 28.7 Å². The predicted octanol–water partition coefficient (Wildman–Crippen LogP) is 3.11. The molecule has 7 heteroatoms. The first-order valence-corrected chi connectivity index (χ1v) is 7.44. The average Bonchev–Trinajstić information content (AvgIpc) is 2.66. The topological polar surface area (TPSA) is 78.7 Å². The van der Waals surface area contributed by atoms with Gasteiger partial charge in [-0.3, -0.25) is 0 Å². The van der Waals surface area contributed by atoms with Crippen LogP contribution in [-0.4, -0.2) is 39.9 Å². The third-order valence-corrected chi connectivity index (χ3v) is 3.54. The lowest BCUT2D eigenvalue weighted by Gasteiger charge is -2.15. The van der Waals surface area contributed by atoms with E-state index in [0.717, 1.165) is 5.56 Å². The Balaban J connectivity index is 2.29. The quantitative estimate of drug-likeness (QED) is 0.449. The zero-order chi connectivity index (χ0) is 18.2. The van der Waals surface area contributed by atoms with Gasteiger partial charge in [-0.15, -0.1) is 0 Å². The molecule has 0 unspecified atom stereocenters. The molecule has 0 saturated heterocycles. The molecule has 25 heavy (non-hydrogen) atoms. The number of hydrogen-bond donors (Lipinski definition) is 1. The highest BCUT2D eigenvalue weighted by atomic mass is 16.5. The second kappa shape index (κ2) is 8.68. The molecule has 0 atom stereocenters. The first-order valence-electron chi connectivity index (χ1n) is 7.44. The Morgan fingerprint density at radius 1 is 0.880 bits per heavy atom. The van der Waals surface area contributed by atoms with Crippen molar-refractivity contribution in [1.82, 2.24) is 0 Å². The van der Waals surface area contributed by atoms with Crippen molar-refractivity contribution >= 4 is 6.21 Å². The number of hydrogen-bond acceptors (Lipinski definition) is 7. The highest BCUT2D eigenvalue weighted by molar-refractivity contribution is 5.83. The van der Waals surface area contributed by atoms with Crippen molar-refractivity contribution in [2.24, 2.45) is 5.16 Å². The van der Waals surface area contributed by atoms with Crippen LogP contribution in [0.4, 0.5) is 0 Å². The van der Waals surface area contributed by atoms with Crippen molar-refractivity contribution < 1.29 is 28.9 Å². The smallest absolute Gasteiger partial charge is 0.203 e. The van der Waals surface area contributed by atoms with Gasteiger partial charge in [0.1, 0.15) is 18.1 Å². The van der Waals surface area contributed by atoms with Gasteiger partial charge in [-0.25, -0.2) is 0 Å². The summed E-state index contributed by atoms with van der Waals surface area (Å²) in [6.45, 7) is 0.246. The Labute approximate surface area is 146 Å². The van der Waals surface area contributed by atoms with Crippen molar-refractivity contribution in [2.75, 3.05) is 28.4 Å². The first kappa shape index (κ1) is 18.3. The molecule has 0 spiro atoms. The maximum atomic E-state index is 8.79. The van der Waals surface area contributed by atoms with E-state index in [1.165, 1.54) is 6.21 Å². The van der Waals surface area contributed by atoms with Crippen LogP contribution in [0.25, 0.3) is 0 Å². The highest BCUT2D eigenvalue weighted by Gasteiger charge is 2.14. The van der Waals surface area contributed by atoms with Gasteiger partial charge in [0, 0.05) is 11.6 Å². The SMILES string of the molecule is COc1ccc(C=NO)c(OCc2cc(OC)c(OC)c(OC)c2)c1. The first-order chi connectivity index (χ1) is 12.2. The van der Waals surface area contributed by atoms with Gasteiger partial charge in [0.25, 0.3) is 0 Å². The van der Waals surface area contributed by atoms with Gasteiger partial charge in [0.05, 0.1) is 34.7 Å². The number of rotatable bonds is 8. The van der Waals surface area contributed by atoms with E-state index in [-0.39, 0.29) is 6.61 Å². The van der Waals surface area contributed by atoms with Crippen LogP contribution in [0.15, 0.2) is 35.5 Å². The summed E-state index contributed by atoms with van der Waals surface area (Å²) in [5.41, 5.74) is 1.44. The lowest BCUT2D eigenvalue weighted by molar-refractivity contribution is 0.295. The van der Waals surface area contributed by atoms with Gasteiger partial charge >= 0.3 is 0 Å². The van der Waals surface area contributed by atoms with Crippen LogP contribution in [0.2, 0.25) is 0 Å². The maximum absolute atomic E-state index is 8.79. The third kappa shape index (κ3) is 4.26. The monoisotopic (exact) mass is 347 g/mol. The second-order valence-corrected chi connectivity index (χ2v) is 4.97. The molecule has 1 N–H and O–H groups in total. The van der Waals surface area contributed by atoms with E-state index >= 15 is 0 Å². The molecule has 2 rings (SSSR count). The van der Waals surface area contributed by atoms with E-state index in [0.29, 0.717) is 34.3 Å². The molecule has 0 heterocycles. The van der Waals surface area contributed by atoms with E-state index in [9.17, 15) is 0 Å². The number of nitrogens with zero attached hydrogens (tertiary/aromatic N) is 1. The zero-order valence-corrected chi connectivity index (χ0v) is 14.6. The Morgan fingerprint density at radius 3 is 2.08 bits per heavy atom. The van der Waals surface area contributed by atoms with Gasteiger partial charge in [-0.2, -0.15) is 0 Å². The van der Waals surface area contributed by atoms with Crippen LogP contribution in [0.3, 0.4) is 0 Å². The molecule has 2 aromatic rings. The van der Waals surface area contributed by atoms with Gasteiger partial charge in [0.15, 0.2) is 11.5 Å². The zero-order valence-electron chi connectivity index (χ0n) is 14.6. The number of oxime groups is 1. The normalized spacial score (nSPS) is 10.6. The van der Waals surface area contributed by atoms with Crippen LogP contribution >= 0.6 is 0 Å². The van der Waals surface area contributed by atoms with E-state index < -0.39 is 0 Å². The summed E-state index contributed by atoms with van der Waals surface area (Å²) in [6.07, 6.45) is 1.30. The van der Waals surface area contributed by atoms with Gasteiger partial charge in [0.2, 0.25) is 5.75 Å². The van der Waals surface area contributed by atoms with Crippen LogP contribution < -0.4 is 23.7 Å². The molecule has 0 aliphatic heterocycles. The largest absolute Gasteiger partial charge is 0.497 e. The Morgan fingerprint density at radius 2 is 1.56 bits per heavy atom. The van der Waals surface area contributed by atoms with E-state index in [1.807, 2.05) is 0 Å². The predicted molar refractivity (Wildman–Crippen MR) is 92.8 cm³/mol. The van der Waals surface area contributed by atoms with E-state index in [1.54, 1.807) is 58.8 Å². The van der Waals surface area contributed by atoms with Crippen LogP contribution in [0.5, 0.6) is 28.7 Å². The molecular weight excluding hydrogens is 326 g/mol. The molecule has 0 aliphatic carbocycles. The molecule has 7 nitrogen and oxygen atoms in total. The summed E-state index contributed by atoms with van der Waals surface area (Å²) >= 11 is 0. The lowest BCUT2D eigenvalue weighted by atomic mass is 10.1.